The van der Waals surface area contributed by atoms with E-state index in [9.17, 15) is 32.3 Å². The first-order valence-corrected chi connectivity index (χ1v) is 16.2. The molecule has 15 nitrogen and oxygen atoms in total. The number of nitrogens with zero attached hydrogens (tertiary/aromatic N) is 3. The van der Waals surface area contributed by atoms with Gasteiger partial charge < -0.3 is 41.8 Å². The van der Waals surface area contributed by atoms with Gasteiger partial charge in [0.2, 0.25) is 11.9 Å². The lowest BCUT2D eigenvalue weighted by Crippen LogP contribution is -2.50. The van der Waals surface area contributed by atoms with Crippen LogP contribution in [0.25, 0.3) is 0 Å². The van der Waals surface area contributed by atoms with E-state index >= 15 is 0 Å². The molecule has 0 unspecified atom stereocenters. The van der Waals surface area contributed by atoms with Crippen LogP contribution >= 0.6 is 11.6 Å². The van der Waals surface area contributed by atoms with Crippen molar-refractivity contribution < 1.29 is 41.8 Å². The fourth-order valence-corrected chi connectivity index (χ4v) is 5.07. The van der Waals surface area contributed by atoms with Crippen molar-refractivity contribution in [3.8, 4) is 6.01 Å². The number of amides is 3. The maximum atomic E-state index is 13.0. The van der Waals surface area contributed by atoms with Gasteiger partial charge in [-0.15, -0.1) is 0 Å². The number of nitrogens with two attached hydrogens (primary N) is 1. The van der Waals surface area contributed by atoms with Gasteiger partial charge in [0.15, 0.2) is 6.61 Å². The van der Waals surface area contributed by atoms with Gasteiger partial charge in [-0.05, 0) is 80.0 Å². The molecule has 2 atom stereocenters. The molecule has 2 fully saturated rings. The van der Waals surface area contributed by atoms with Gasteiger partial charge in [0.25, 0.3) is 5.91 Å². The van der Waals surface area contributed by atoms with Crippen molar-refractivity contribution in [1.82, 2.24) is 30.9 Å². The first-order valence-electron chi connectivity index (χ1n) is 15.8. The van der Waals surface area contributed by atoms with E-state index in [1.807, 2.05) is 12.1 Å². The van der Waals surface area contributed by atoms with Crippen LogP contribution in [-0.2, 0) is 24.7 Å². The molecule has 0 saturated heterocycles. The van der Waals surface area contributed by atoms with E-state index in [2.05, 4.69) is 41.5 Å². The Morgan fingerprint density at radius 3 is 2.24 bits per heavy atom. The second kappa shape index (κ2) is 15.8. The summed E-state index contributed by atoms with van der Waals surface area (Å²) >= 11 is 6.02. The standard InChI is InChI=1S/C32H35ClF3N9O6/c1-50-27(49)22(12-15-38-25(47)26(48)41-23(37)17-2-3-17)40-24(46)18-4-10-21(11-5-18)39-28-42-29(44-30(43-28)51-16-32(34,35)36)45-31(13-14-31)19-6-8-20(33)9-7-19/h4-11,17,22-23H,2-3,12-16,37H2,1H3,(H,38,47)(H,40,46)(H,41,48)(H2,39,42,43,44,45)/t22-,23+/m0/s1. The Hall–Kier alpha value is -5.23. The third-order valence-electron chi connectivity index (χ3n) is 8.02. The van der Waals surface area contributed by atoms with Crippen molar-refractivity contribution in [2.75, 3.05) is 30.9 Å². The number of alkyl halides is 3. The Labute approximate surface area is 294 Å². The average Bonchev–Trinajstić information content (AvgIpc) is 4.03. The largest absolute Gasteiger partial charge is 0.467 e. The number of anilines is 3. The lowest BCUT2D eigenvalue weighted by molar-refractivity contribution is -0.154. The molecule has 272 valence electrons. The second-order valence-electron chi connectivity index (χ2n) is 12.0. The molecule has 5 rings (SSSR count). The van der Waals surface area contributed by atoms with Crippen molar-refractivity contribution >= 4 is 52.9 Å². The Morgan fingerprint density at radius 2 is 1.63 bits per heavy atom. The number of ether oxygens (including phenoxy) is 2. The molecule has 1 heterocycles. The van der Waals surface area contributed by atoms with Crippen LogP contribution in [0.4, 0.5) is 30.8 Å². The number of aromatic nitrogens is 3. The zero-order valence-corrected chi connectivity index (χ0v) is 27.9. The Kier molecular flexibility index (Phi) is 11.4. The third-order valence-corrected chi connectivity index (χ3v) is 8.28. The summed E-state index contributed by atoms with van der Waals surface area (Å²) in [6.07, 6.45) is -2.16. The van der Waals surface area contributed by atoms with Gasteiger partial charge in [-0.25, -0.2) is 4.79 Å². The van der Waals surface area contributed by atoms with E-state index in [1.54, 1.807) is 12.1 Å². The van der Waals surface area contributed by atoms with Crippen LogP contribution in [0.3, 0.4) is 0 Å². The zero-order valence-electron chi connectivity index (χ0n) is 27.2. The van der Waals surface area contributed by atoms with Crippen LogP contribution in [-0.4, -0.2) is 77.3 Å². The van der Waals surface area contributed by atoms with Crippen molar-refractivity contribution in [3.05, 3.63) is 64.7 Å². The van der Waals surface area contributed by atoms with Crippen LogP contribution in [0.1, 0.15) is 48.0 Å². The number of esters is 1. The molecule has 0 aliphatic heterocycles. The molecule has 2 aliphatic carbocycles. The predicted molar refractivity (Wildman–Crippen MR) is 177 cm³/mol. The van der Waals surface area contributed by atoms with E-state index in [4.69, 9.17) is 26.8 Å². The number of nitrogens with one attached hydrogen (secondary N) is 5. The number of rotatable bonds is 15. The summed E-state index contributed by atoms with van der Waals surface area (Å²) in [4.78, 5) is 61.8. The molecule has 7 N–H and O–H groups in total. The normalized spacial score (nSPS) is 15.8. The molecule has 0 spiro atoms. The van der Waals surface area contributed by atoms with Gasteiger partial charge in [-0.1, -0.05) is 23.7 Å². The summed E-state index contributed by atoms with van der Waals surface area (Å²) < 4.78 is 48.4. The number of hydrogen-bond acceptors (Lipinski definition) is 12. The highest BCUT2D eigenvalue weighted by atomic mass is 35.5. The molecule has 2 saturated carbocycles. The summed E-state index contributed by atoms with van der Waals surface area (Å²) in [6.45, 7) is -1.75. The van der Waals surface area contributed by atoms with Crippen LogP contribution in [0.2, 0.25) is 5.02 Å². The molecule has 0 bridgehead atoms. The topological polar surface area (TPSA) is 212 Å². The van der Waals surface area contributed by atoms with Crippen molar-refractivity contribution in [3.63, 3.8) is 0 Å². The molecule has 19 heteroatoms. The Bertz CT molecular complexity index is 1740. The lowest BCUT2D eigenvalue weighted by Gasteiger charge is -2.19. The van der Waals surface area contributed by atoms with E-state index in [-0.39, 0.29) is 36.3 Å². The number of hydrogen-bond donors (Lipinski definition) is 6. The van der Waals surface area contributed by atoms with E-state index in [0.717, 1.165) is 25.5 Å². The fourth-order valence-electron chi connectivity index (χ4n) is 4.94. The smallest absolute Gasteiger partial charge is 0.422 e. The maximum absolute atomic E-state index is 13.0. The highest BCUT2D eigenvalue weighted by Crippen LogP contribution is 2.48. The minimum absolute atomic E-state index is 0.0272. The third kappa shape index (κ3) is 10.6. The first kappa shape index (κ1) is 37.0. The summed E-state index contributed by atoms with van der Waals surface area (Å²) in [6, 6.07) is 11.2. The van der Waals surface area contributed by atoms with Crippen molar-refractivity contribution in [2.24, 2.45) is 11.7 Å². The highest BCUT2D eigenvalue weighted by molar-refractivity contribution is 6.35. The maximum Gasteiger partial charge on any atom is 0.422 e. The van der Waals surface area contributed by atoms with Crippen molar-refractivity contribution in [2.45, 2.75) is 56.0 Å². The lowest BCUT2D eigenvalue weighted by atomic mass is 10.1. The monoisotopic (exact) mass is 733 g/mol. The molecular weight excluding hydrogens is 699 g/mol. The van der Waals surface area contributed by atoms with E-state index in [0.29, 0.717) is 23.6 Å². The van der Waals surface area contributed by atoms with Gasteiger partial charge >= 0.3 is 30.0 Å². The molecule has 1 aromatic heterocycles. The molecular formula is C32H35ClF3N9O6. The molecule has 3 aromatic rings. The van der Waals surface area contributed by atoms with Gasteiger partial charge in [0, 0.05) is 22.8 Å². The number of carbonyl (C=O) groups is 4. The highest BCUT2D eigenvalue weighted by Gasteiger charge is 2.45. The summed E-state index contributed by atoms with van der Waals surface area (Å²) in [5.74, 6) is -3.28. The minimum Gasteiger partial charge on any atom is -0.467 e. The van der Waals surface area contributed by atoms with Crippen LogP contribution < -0.4 is 37.1 Å². The van der Waals surface area contributed by atoms with Gasteiger partial charge in [0.1, 0.15) is 6.04 Å². The molecule has 2 aliphatic rings. The predicted octanol–water partition coefficient (Wildman–Crippen LogP) is 2.90. The average molecular weight is 734 g/mol. The Balaban J connectivity index is 1.21. The van der Waals surface area contributed by atoms with Gasteiger partial charge in [-0.2, -0.15) is 28.1 Å². The minimum atomic E-state index is -4.63. The first-order chi connectivity index (χ1) is 24.2. The number of carbonyl (C=O) groups excluding carboxylic acids is 4. The fraction of sp³-hybridized carbons (Fsp3) is 0.406. The summed E-state index contributed by atoms with van der Waals surface area (Å²) in [5, 5.41) is 13.9. The molecule has 2 aromatic carbocycles. The number of halogens is 4. The second-order valence-corrected chi connectivity index (χ2v) is 12.5. The molecule has 3 amide bonds. The number of methoxy groups -OCH3 is 1. The van der Waals surface area contributed by atoms with E-state index in [1.165, 1.54) is 24.3 Å². The van der Waals surface area contributed by atoms with Crippen LogP contribution in [0.5, 0.6) is 6.01 Å². The van der Waals surface area contributed by atoms with Gasteiger partial charge in [0.05, 0.1) is 18.8 Å². The SMILES string of the molecule is COC(=O)[C@H](CCNC(=O)C(=O)N[C@@H](N)C1CC1)NC(=O)c1ccc(Nc2nc(NC3(c4ccc(Cl)cc4)CC3)nc(OCC(F)(F)F)n2)cc1. The van der Waals surface area contributed by atoms with Crippen molar-refractivity contribution in [1.29, 1.82) is 0 Å². The molecule has 51 heavy (non-hydrogen) atoms. The van der Waals surface area contributed by atoms with E-state index < -0.39 is 60.2 Å². The molecule has 0 radical (unpaired) electrons. The van der Waals surface area contributed by atoms with Crippen LogP contribution in [0, 0.1) is 5.92 Å². The van der Waals surface area contributed by atoms with Gasteiger partial charge in [-0.3, -0.25) is 14.4 Å². The summed E-state index contributed by atoms with van der Waals surface area (Å²) in [5.41, 5.74) is 6.65. The quantitative estimate of drug-likeness (QED) is 0.0757. The van der Waals surface area contributed by atoms with Crippen LogP contribution in [0.15, 0.2) is 48.5 Å². The Morgan fingerprint density at radius 1 is 0.961 bits per heavy atom. The zero-order chi connectivity index (χ0) is 36.8. The number of benzene rings is 2. The summed E-state index contributed by atoms with van der Waals surface area (Å²) in [7, 11) is 1.14.